The third-order valence-corrected chi connectivity index (χ3v) is 21.0. The molecule has 0 aromatic heterocycles. The van der Waals surface area contributed by atoms with Gasteiger partial charge in [0.05, 0.1) is 26.4 Å². The number of ether oxygens (including phenoxy) is 4. The number of rotatable bonds is 80. The normalized spacial score (nSPS) is 14.1. The third kappa shape index (κ3) is 72.8. The quantitative estimate of drug-likeness (QED) is 0.0222. The van der Waals surface area contributed by atoms with Crippen molar-refractivity contribution in [1.82, 2.24) is 0 Å². The zero-order valence-corrected chi connectivity index (χ0v) is 66.4. The summed E-state index contributed by atoms with van der Waals surface area (Å²) in [6.45, 7) is 7.30. The highest BCUT2D eigenvalue weighted by atomic mass is 31.2. The number of carbonyl (C=O) groups is 4. The summed E-state index contributed by atoms with van der Waals surface area (Å²) < 4.78 is 68.4. The maximum atomic E-state index is 13.1. The Kier molecular flexibility index (Phi) is 71.6. The number of hydrogen-bond donors (Lipinski definition) is 3. The van der Waals surface area contributed by atoms with Gasteiger partial charge in [-0.1, -0.05) is 375 Å². The van der Waals surface area contributed by atoms with Crippen LogP contribution < -0.4 is 0 Å². The molecule has 3 unspecified atom stereocenters. The lowest BCUT2D eigenvalue weighted by Gasteiger charge is -2.21. The number of esters is 4. The number of aliphatic hydroxyl groups excluding tert-OH is 1. The molecule has 0 saturated heterocycles. The lowest BCUT2D eigenvalue weighted by atomic mass is 9.99. The van der Waals surface area contributed by atoms with Crippen LogP contribution in [0.25, 0.3) is 0 Å². The molecule has 0 aliphatic carbocycles. The molecule has 588 valence electrons. The molecule has 19 heteroatoms. The van der Waals surface area contributed by atoms with E-state index < -0.39 is 97.5 Å². The average Bonchev–Trinajstić information content (AvgIpc) is 1.04. The van der Waals surface area contributed by atoms with Crippen LogP contribution in [-0.4, -0.2) is 96.7 Å². The number of aliphatic hydroxyl groups is 1. The minimum Gasteiger partial charge on any atom is -0.462 e. The van der Waals surface area contributed by atoms with Gasteiger partial charge in [-0.3, -0.25) is 37.3 Å². The van der Waals surface area contributed by atoms with E-state index in [1.54, 1.807) is 0 Å². The topological polar surface area (TPSA) is 237 Å². The fraction of sp³-hybridized carbons (Fsp3) is 0.950. The summed E-state index contributed by atoms with van der Waals surface area (Å²) in [4.78, 5) is 72.6. The maximum absolute atomic E-state index is 13.1. The second kappa shape index (κ2) is 73.0. The molecule has 0 aliphatic rings. The van der Waals surface area contributed by atoms with Crippen molar-refractivity contribution in [2.45, 2.75) is 445 Å². The molecule has 0 aromatic rings. The SMILES string of the molecule is CCCCCCCCCCCCCCCCCCCCCCCCC(=O)OC[C@H](COP(=O)(O)OC[C@@H](O)COP(=O)(O)OC[C@@H](COC(=O)CCCCCCCCC)OC(=O)CCCCCCCCCC)OC(=O)CCCCCCCCCCCCCCCCCCCCC(C)CC. The molecule has 17 nitrogen and oxygen atoms in total. The van der Waals surface area contributed by atoms with Crippen molar-refractivity contribution in [3.05, 3.63) is 0 Å². The molecule has 0 fully saturated rings. The first-order valence-corrected chi connectivity index (χ1v) is 44.7. The minimum absolute atomic E-state index is 0.105. The van der Waals surface area contributed by atoms with Crippen LogP contribution in [0.15, 0.2) is 0 Å². The molecule has 99 heavy (non-hydrogen) atoms. The van der Waals surface area contributed by atoms with Crippen LogP contribution in [0.4, 0.5) is 0 Å². The molecule has 0 aliphatic heterocycles. The van der Waals surface area contributed by atoms with E-state index >= 15 is 0 Å². The van der Waals surface area contributed by atoms with Gasteiger partial charge >= 0.3 is 39.5 Å². The van der Waals surface area contributed by atoms with Crippen molar-refractivity contribution >= 4 is 39.5 Å². The van der Waals surface area contributed by atoms with Crippen LogP contribution in [0.1, 0.15) is 426 Å². The largest absolute Gasteiger partial charge is 0.472 e. The van der Waals surface area contributed by atoms with Crippen LogP contribution in [0.3, 0.4) is 0 Å². The van der Waals surface area contributed by atoms with Crippen molar-refractivity contribution in [3.8, 4) is 0 Å². The third-order valence-electron chi connectivity index (χ3n) is 19.1. The smallest absolute Gasteiger partial charge is 0.462 e. The Bertz CT molecular complexity index is 1890. The molecule has 0 saturated carbocycles. The molecule has 3 N–H and O–H groups in total. The second-order valence-corrected chi connectivity index (χ2v) is 32.0. The summed E-state index contributed by atoms with van der Waals surface area (Å²) in [6, 6.07) is 0. The van der Waals surface area contributed by atoms with Gasteiger partial charge in [-0.25, -0.2) is 9.13 Å². The first kappa shape index (κ1) is 97.1. The fourth-order valence-corrected chi connectivity index (χ4v) is 14.0. The van der Waals surface area contributed by atoms with Crippen molar-refractivity contribution in [2.75, 3.05) is 39.6 Å². The molecule has 0 rings (SSSR count). The van der Waals surface area contributed by atoms with E-state index in [9.17, 15) is 43.2 Å². The Morgan fingerprint density at radius 2 is 0.485 bits per heavy atom. The van der Waals surface area contributed by atoms with E-state index in [1.807, 2.05) is 0 Å². The monoisotopic (exact) mass is 1450 g/mol. The second-order valence-electron chi connectivity index (χ2n) is 29.1. The highest BCUT2D eigenvalue weighted by molar-refractivity contribution is 7.47. The average molecular weight is 1450 g/mol. The summed E-state index contributed by atoms with van der Waals surface area (Å²) in [5, 5.41) is 10.6. The van der Waals surface area contributed by atoms with Gasteiger partial charge in [0.15, 0.2) is 12.2 Å². The summed E-state index contributed by atoms with van der Waals surface area (Å²) in [7, 11) is -9.90. The molecule has 0 spiro atoms. The van der Waals surface area contributed by atoms with Crippen LogP contribution in [-0.2, 0) is 65.4 Å². The predicted molar refractivity (Wildman–Crippen MR) is 405 cm³/mol. The van der Waals surface area contributed by atoms with Crippen LogP contribution in [0.5, 0.6) is 0 Å². The zero-order chi connectivity index (χ0) is 72.7. The van der Waals surface area contributed by atoms with E-state index in [1.165, 1.54) is 231 Å². The van der Waals surface area contributed by atoms with E-state index in [0.717, 1.165) is 115 Å². The Hall–Kier alpha value is -1.94. The molecular formula is C80H156O17P2. The van der Waals surface area contributed by atoms with Crippen molar-refractivity contribution in [1.29, 1.82) is 0 Å². The highest BCUT2D eigenvalue weighted by Gasteiger charge is 2.30. The lowest BCUT2D eigenvalue weighted by Crippen LogP contribution is -2.30. The maximum Gasteiger partial charge on any atom is 0.472 e. The number of hydrogen-bond acceptors (Lipinski definition) is 15. The Labute approximate surface area is 607 Å². The fourth-order valence-electron chi connectivity index (χ4n) is 12.4. The summed E-state index contributed by atoms with van der Waals surface area (Å²) in [6.07, 6.45) is 64.4. The van der Waals surface area contributed by atoms with Gasteiger partial charge < -0.3 is 33.8 Å². The molecule has 0 amide bonds. The van der Waals surface area contributed by atoms with Gasteiger partial charge in [-0.15, -0.1) is 0 Å². The van der Waals surface area contributed by atoms with Gasteiger partial charge in [0.1, 0.15) is 19.3 Å². The van der Waals surface area contributed by atoms with Crippen LogP contribution >= 0.6 is 15.6 Å². The summed E-state index contributed by atoms with van der Waals surface area (Å²) in [5.41, 5.74) is 0. The van der Waals surface area contributed by atoms with Crippen molar-refractivity contribution in [2.24, 2.45) is 5.92 Å². The number of unbranched alkanes of at least 4 members (excludes halogenated alkanes) is 51. The first-order chi connectivity index (χ1) is 48.1. The number of phosphoric acid groups is 2. The summed E-state index contributed by atoms with van der Waals surface area (Å²) in [5.74, 6) is -1.25. The molecule has 0 radical (unpaired) electrons. The van der Waals surface area contributed by atoms with Gasteiger partial charge in [0.2, 0.25) is 0 Å². The highest BCUT2D eigenvalue weighted by Crippen LogP contribution is 2.45. The lowest BCUT2D eigenvalue weighted by molar-refractivity contribution is -0.161. The molecule has 0 aromatic carbocycles. The van der Waals surface area contributed by atoms with E-state index in [2.05, 4.69) is 34.6 Å². The van der Waals surface area contributed by atoms with Crippen molar-refractivity contribution < 1.29 is 80.2 Å². The van der Waals surface area contributed by atoms with Gasteiger partial charge in [0, 0.05) is 25.7 Å². The predicted octanol–water partition coefficient (Wildman–Crippen LogP) is 24.0. The van der Waals surface area contributed by atoms with Crippen LogP contribution in [0, 0.1) is 5.92 Å². The van der Waals surface area contributed by atoms with Gasteiger partial charge in [-0.2, -0.15) is 0 Å². The van der Waals surface area contributed by atoms with Crippen molar-refractivity contribution in [3.63, 3.8) is 0 Å². The van der Waals surface area contributed by atoms with E-state index in [-0.39, 0.29) is 25.7 Å². The van der Waals surface area contributed by atoms with E-state index in [0.29, 0.717) is 25.7 Å². The van der Waals surface area contributed by atoms with E-state index in [4.69, 9.17) is 37.0 Å². The molecular weight excluding hydrogens is 1290 g/mol. The van der Waals surface area contributed by atoms with Gasteiger partial charge in [-0.05, 0) is 31.6 Å². The summed E-state index contributed by atoms with van der Waals surface area (Å²) >= 11 is 0. The first-order valence-electron chi connectivity index (χ1n) is 41.7. The molecule has 6 atom stereocenters. The Morgan fingerprint density at radius 1 is 0.283 bits per heavy atom. The Morgan fingerprint density at radius 3 is 0.717 bits per heavy atom. The Balaban J connectivity index is 5.08. The minimum atomic E-state index is -4.96. The van der Waals surface area contributed by atoms with Gasteiger partial charge in [0.25, 0.3) is 0 Å². The van der Waals surface area contributed by atoms with Crippen LogP contribution in [0.2, 0.25) is 0 Å². The number of carbonyl (C=O) groups excluding carboxylic acids is 4. The molecule has 0 heterocycles. The standard InChI is InChI=1S/C80H156O17P2/c1-6-10-13-16-19-21-22-23-24-25-26-27-28-29-33-36-39-42-45-50-54-59-64-78(83)91-70-76(97-80(85)66-61-56-51-46-43-40-37-34-31-30-32-35-38-41-44-48-52-57-62-73(5)9-4)72-95-99(88,89)93-68-74(81)67-92-98(86,87)94-71-75(69-90-77(82)63-58-53-47-18-15-12-8-3)96-79(84)65-60-55-49-20-17-14-11-7-2/h73-76,81H,6-72H2,1-5H3,(H,86,87)(H,88,89)/t73?,74-,75+,76+/m0/s1. The molecule has 0 bridgehead atoms. The zero-order valence-electron chi connectivity index (χ0n) is 64.6. The number of phosphoric ester groups is 2.